The first-order valence-electron chi connectivity index (χ1n) is 5.14. The van der Waals surface area contributed by atoms with Gasteiger partial charge in [0.2, 0.25) is 0 Å². The molecular formula is C13H8N4. The third kappa shape index (κ3) is 1.99. The van der Waals surface area contributed by atoms with Crippen LogP contribution >= 0.6 is 0 Å². The van der Waals surface area contributed by atoms with Crippen LogP contribution in [0.15, 0.2) is 49.1 Å². The summed E-state index contributed by atoms with van der Waals surface area (Å²) in [6, 6.07) is 7.42. The fraction of sp³-hybridized carbons (Fsp3) is 0. The molecule has 0 atom stereocenters. The molecule has 4 nitrogen and oxygen atoms in total. The molecule has 80 valence electrons. The van der Waals surface area contributed by atoms with Crippen molar-refractivity contribution in [3.8, 4) is 11.8 Å². The third-order valence-electron chi connectivity index (χ3n) is 2.27. The first-order chi connectivity index (χ1) is 8.42. The Kier molecular flexibility index (Phi) is 2.28. The average molecular weight is 220 g/mol. The lowest BCUT2D eigenvalue weighted by Crippen LogP contribution is -1.91. The molecule has 3 heterocycles. The fourth-order valence-electron chi connectivity index (χ4n) is 1.45. The number of fused-ring (bicyclic) bond motifs is 1. The molecule has 3 aromatic rings. The molecule has 3 rings (SSSR count). The SMILES string of the molecule is C(#Cc1ccn2nccc2n1)c1ccncc1. The summed E-state index contributed by atoms with van der Waals surface area (Å²) in [5.41, 5.74) is 2.46. The summed E-state index contributed by atoms with van der Waals surface area (Å²) in [5, 5.41) is 4.08. The van der Waals surface area contributed by atoms with Gasteiger partial charge >= 0.3 is 0 Å². The molecule has 0 amide bonds. The summed E-state index contributed by atoms with van der Waals surface area (Å²) in [6.07, 6.45) is 7.00. The minimum absolute atomic E-state index is 0.731. The summed E-state index contributed by atoms with van der Waals surface area (Å²) in [5.74, 6) is 6.05. The summed E-state index contributed by atoms with van der Waals surface area (Å²) in [4.78, 5) is 8.30. The van der Waals surface area contributed by atoms with Crippen LogP contribution < -0.4 is 0 Å². The molecular weight excluding hydrogens is 212 g/mol. The van der Waals surface area contributed by atoms with E-state index in [1.165, 1.54) is 0 Å². The molecule has 0 aromatic carbocycles. The first-order valence-corrected chi connectivity index (χ1v) is 5.14. The van der Waals surface area contributed by atoms with Gasteiger partial charge in [0.25, 0.3) is 0 Å². The molecule has 0 radical (unpaired) electrons. The van der Waals surface area contributed by atoms with E-state index < -0.39 is 0 Å². The van der Waals surface area contributed by atoms with Crippen LogP contribution in [0, 0.1) is 11.8 Å². The monoisotopic (exact) mass is 220 g/mol. The molecule has 4 heteroatoms. The van der Waals surface area contributed by atoms with E-state index in [4.69, 9.17) is 0 Å². The van der Waals surface area contributed by atoms with Crippen molar-refractivity contribution in [3.63, 3.8) is 0 Å². The van der Waals surface area contributed by atoms with Crippen molar-refractivity contribution in [3.05, 3.63) is 60.3 Å². The van der Waals surface area contributed by atoms with Crippen LogP contribution in [0.1, 0.15) is 11.3 Å². The maximum absolute atomic E-state index is 4.36. The van der Waals surface area contributed by atoms with E-state index in [9.17, 15) is 0 Å². The highest BCUT2D eigenvalue weighted by Crippen LogP contribution is 2.00. The molecule has 0 unspecified atom stereocenters. The second-order valence-electron chi connectivity index (χ2n) is 3.43. The first kappa shape index (κ1) is 9.55. The highest BCUT2D eigenvalue weighted by atomic mass is 15.2. The number of aromatic nitrogens is 4. The Bertz CT molecular complexity index is 704. The van der Waals surface area contributed by atoms with Crippen LogP contribution in [-0.2, 0) is 0 Å². The van der Waals surface area contributed by atoms with Crippen LogP contribution in [0.5, 0.6) is 0 Å². The molecule has 0 bridgehead atoms. The fourth-order valence-corrected chi connectivity index (χ4v) is 1.45. The summed E-state index contributed by atoms with van der Waals surface area (Å²) >= 11 is 0. The zero-order valence-electron chi connectivity index (χ0n) is 8.91. The van der Waals surface area contributed by atoms with Gasteiger partial charge in [-0.05, 0) is 24.1 Å². The molecule has 17 heavy (non-hydrogen) atoms. The lowest BCUT2D eigenvalue weighted by molar-refractivity contribution is 0.936. The summed E-state index contributed by atoms with van der Waals surface area (Å²) < 4.78 is 1.71. The Labute approximate surface area is 98.0 Å². The van der Waals surface area contributed by atoms with Crippen LogP contribution in [0.4, 0.5) is 0 Å². The zero-order chi connectivity index (χ0) is 11.5. The minimum atomic E-state index is 0.731. The van der Waals surface area contributed by atoms with Gasteiger partial charge in [0, 0.05) is 30.2 Å². The molecule has 0 saturated heterocycles. The van der Waals surface area contributed by atoms with E-state index in [0.717, 1.165) is 16.9 Å². The van der Waals surface area contributed by atoms with Gasteiger partial charge in [0.05, 0.1) is 6.20 Å². The minimum Gasteiger partial charge on any atom is -0.265 e. The average Bonchev–Trinajstić information content (AvgIpc) is 2.85. The van der Waals surface area contributed by atoms with Crippen LogP contribution in [0.3, 0.4) is 0 Å². The lowest BCUT2D eigenvalue weighted by Gasteiger charge is -1.92. The van der Waals surface area contributed by atoms with Crippen molar-refractivity contribution in [2.45, 2.75) is 0 Å². The second kappa shape index (κ2) is 4.06. The molecule has 0 N–H and O–H groups in total. The van der Waals surface area contributed by atoms with Gasteiger partial charge in [0.15, 0.2) is 5.65 Å². The zero-order valence-corrected chi connectivity index (χ0v) is 8.91. The Hall–Kier alpha value is -2.67. The van der Waals surface area contributed by atoms with Crippen LogP contribution in [0.25, 0.3) is 5.65 Å². The van der Waals surface area contributed by atoms with Gasteiger partial charge in [-0.1, -0.05) is 5.92 Å². The highest BCUT2D eigenvalue weighted by molar-refractivity contribution is 5.43. The maximum atomic E-state index is 4.36. The van der Waals surface area contributed by atoms with Crippen LogP contribution in [0.2, 0.25) is 0 Å². The Morgan fingerprint density at radius 2 is 1.82 bits per heavy atom. The predicted octanol–water partition coefficient (Wildman–Crippen LogP) is 1.52. The van der Waals surface area contributed by atoms with Gasteiger partial charge in [-0.2, -0.15) is 5.10 Å². The molecule has 0 aliphatic rings. The van der Waals surface area contributed by atoms with Crippen molar-refractivity contribution in [2.75, 3.05) is 0 Å². The van der Waals surface area contributed by atoms with E-state index >= 15 is 0 Å². The molecule has 0 fully saturated rings. The Morgan fingerprint density at radius 3 is 2.71 bits per heavy atom. The highest BCUT2D eigenvalue weighted by Gasteiger charge is 1.94. The Morgan fingerprint density at radius 1 is 0.941 bits per heavy atom. The number of hydrogen-bond donors (Lipinski definition) is 0. The number of pyridine rings is 1. The van der Waals surface area contributed by atoms with Gasteiger partial charge in [-0.15, -0.1) is 0 Å². The van der Waals surface area contributed by atoms with E-state index in [1.54, 1.807) is 23.1 Å². The van der Waals surface area contributed by atoms with E-state index in [0.29, 0.717) is 0 Å². The molecule has 0 saturated carbocycles. The quantitative estimate of drug-likeness (QED) is 0.539. The lowest BCUT2D eigenvalue weighted by atomic mass is 10.2. The maximum Gasteiger partial charge on any atom is 0.156 e. The van der Waals surface area contributed by atoms with Gasteiger partial charge in [-0.3, -0.25) is 4.98 Å². The molecule has 0 aliphatic heterocycles. The van der Waals surface area contributed by atoms with Gasteiger partial charge < -0.3 is 0 Å². The Balaban J connectivity index is 1.97. The molecule has 3 aromatic heterocycles. The van der Waals surface area contributed by atoms with Crippen molar-refractivity contribution in [1.29, 1.82) is 0 Å². The standard InChI is InChI=1S/C13H8N4/c1(11-3-7-14-8-4-11)2-12-6-10-17-13(16-12)5-9-15-17/h3-10H. The molecule has 0 spiro atoms. The summed E-state index contributed by atoms with van der Waals surface area (Å²) in [7, 11) is 0. The van der Waals surface area contributed by atoms with Crippen molar-refractivity contribution in [1.82, 2.24) is 19.6 Å². The molecule has 0 aliphatic carbocycles. The number of rotatable bonds is 0. The normalized spacial score (nSPS) is 9.88. The smallest absolute Gasteiger partial charge is 0.156 e. The van der Waals surface area contributed by atoms with E-state index in [-0.39, 0.29) is 0 Å². The van der Waals surface area contributed by atoms with Crippen molar-refractivity contribution < 1.29 is 0 Å². The summed E-state index contributed by atoms with van der Waals surface area (Å²) in [6.45, 7) is 0. The van der Waals surface area contributed by atoms with E-state index in [2.05, 4.69) is 26.9 Å². The topological polar surface area (TPSA) is 43.1 Å². The largest absolute Gasteiger partial charge is 0.265 e. The number of nitrogens with zero attached hydrogens (tertiary/aromatic N) is 4. The predicted molar refractivity (Wildman–Crippen MR) is 63.2 cm³/mol. The second-order valence-corrected chi connectivity index (χ2v) is 3.43. The third-order valence-corrected chi connectivity index (χ3v) is 2.27. The number of hydrogen-bond acceptors (Lipinski definition) is 3. The van der Waals surface area contributed by atoms with E-state index in [1.807, 2.05) is 30.5 Å². The van der Waals surface area contributed by atoms with Gasteiger partial charge in [-0.25, -0.2) is 9.50 Å². The van der Waals surface area contributed by atoms with Crippen molar-refractivity contribution in [2.24, 2.45) is 0 Å². The van der Waals surface area contributed by atoms with Crippen LogP contribution in [-0.4, -0.2) is 19.6 Å². The van der Waals surface area contributed by atoms with Gasteiger partial charge in [0.1, 0.15) is 5.69 Å². The van der Waals surface area contributed by atoms with Crippen molar-refractivity contribution >= 4 is 5.65 Å².